The van der Waals surface area contributed by atoms with Gasteiger partial charge in [0.1, 0.15) is 0 Å². The van der Waals surface area contributed by atoms with Crippen LogP contribution in [0.15, 0.2) is 42.5 Å². The van der Waals surface area contributed by atoms with Crippen LogP contribution in [0.1, 0.15) is 23.3 Å². The zero-order valence-electron chi connectivity index (χ0n) is 13.7. The highest BCUT2D eigenvalue weighted by Gasteiger charge is 2.25. The van der Waals surface area contributed by atoms with Crippen LogP contribution in [0.4, 0.5) is 0 Å². The van der Waals surface area contributed by atoms with Crippen LogP contribution in [-0.2, 0) is 17.8 Å². The molecule has 3 rings (SSSR count). The molecule has 5 heteroatoms. The predicted molar refractivity (Wildman–Crippen MR) is 108 cm³/mol. The Hall–Kier alpha value is -0.920. The number of benzene rings is 1. The molecule has 0 spiro atoms. The molecule has 24 heavy (non-hydrogen) atoms. The van der Waals surface area contributed by atoms with Gasteiger partial charge in [0.2, 0.25) is 5.91 Å². The SMILES string of the molecule is O=C(NCCc1ccc(I)s1)C1CCCN(Cc2ccccc2)C1. The highest BCUT2D eigenvalue weighted by Crippen LogP contribution is 2.20. The fourth-order valence-corrected chi connectivity index (χ4v) is 4.95. The first-order valence-corrected chi connectivity index (χ1v) is 10.4. The number of carbonyl (C=O) groups excluding carboxylic acids is 1. The van der Waals surface area contributed by atoms with Gasteiger partial charge in [0, 0.05) is 24.5 Å². The van der Waals surface area contributed by atoms with Gasteiger partial charge in [-0.3, -0.25) is 9.69 Å². The van der Waals surface area contributed by atoms with Gasteiger partial charge in [0.25, 0.3) is 0 Å². The molecule has 1 saturated heterocycles. The number of amides is 1. The fraction of sp³-hybridized carbons (Fsp3) is 0.421. The van der Waals surface area contributed by atoms with Gasteiger partial charge in [0.15, 0.2) is 0 Å². The molecule has 2 heterocycles. The van der Waals surface area contributed by atoms with Crippen LogP contribution in [0, 0.1) is 8.80 Å². The predicted octanol–water partition coefficient (Wildman–Crippen LogP) is 3.92. The lowest BCUT2D eigenvalue weighted by atomic mass is 9.96. The molecule has 1 aliphatic rings. The second-order valence-electron chi connectivity index (χ2n) is 6.31. The van der Waals surface area contributed by atoms with Crippen LogP contribution in [0.5, 0.6) is 0 Å². The largest absolute Gasteiger partial charge is 0.355 e. The van der Waals surface area contributed by atoms with Gasteiger partial charge in [-0.15, -0.1) is 11.3 Å². The summed E-state index contributed by atoms with van der Waals surface area (Å²) in [6.07, 6.45) is 3.04. The summed E-state index contributed by atoms with van der Waals surface area (Å²) < 4.78 is 1.30. The van der Waals surface area contributed by atoms with E-state index in [1.807, 2.05) is 6.07 Å². The zero-order valence-corrected chi connectivity index (χ0v) is 16.7. The van der Waals surface area contributed by atoms with Crippen molar-refractivity contribution >= 4 is 39.8 Å². The minimum Gasteiger partial charge on any atom is -0.355 e. The van der Waals surface area contributed by atoms with Crippen LogP contribution in [0.2, 0.25) is 0 Å². The normalized spacial score (nSPS) is 18.5. The second-order valence-corrected chi connectivity index (χ2v) is 9.37. The third-order valence-electron chi connectivity index (χ3n) is 4.42. The number of piperidine rings is 1. The van der Waals surface area contributed by atoms with Gasteiger partial charge in [-0.05, 0) is 66.1 Å². The molecule has 2 aromatic rings. The summed E-state index contributed by atoms with van der Waals surface area (Å²) >= 11 is 4.14. The van der Waals surface area contributed by atoms with Crippen molar-refractivity contribution in [2.45, 2.75) is 25.8 Å². The van der Waals surface area contributed by atoms with Crippen molar-refractivity contribution < 1.29 is 4.79 Å². The fourth-order valence-electron chi connectivity index (χ4n) is 3.19. The van der Waals surface area contributed by atoms with Crippen molar-refractivity contribution in [1.82, 2.24) is 10.2 Å². The van der Waals surface area contributed by atoms with Crippen molar-refractivity contribution in [3.63, 3.8) is 0 Å². The molecule has 1 fully saturated rings. The molecule has 1 amide bonds. The monoisotopic (exact) mass is 454 g/mol. The van der Waals surface area contributed by atoms with Gasteiger partial charge >= 0.3 is 0 Å². The highest BCUT2D eigenvalue weighted by atomic mass is 127. The van der Waals surface area contributed by atoms with E-state index in [0.29, 0.717) is 0 Å². The Morgan fingerprint density at radius 1 is 1.25 bits per heavy atom. The molecule has 1 aromatic heterocycles. The van der Waals surface area contributed by atoms with E-state index in [2.05, 4.69) is 69.2 Å². The van der Waals surface area contributed by atoms with Crippen LogP contribution >= 0.6 is 33.9 Å². The lowest BCUT2D eigenvalue weighted by Gasteiger charge is -2.32. The van der Waals surface area contributed by atoms with Crippen molar-refractivity contribution in [3.8, 4) is 0 Å². The summed E-state index contributed by atoms with van der Waals surface area (Å²) in [5.41, 5.74) is 1.32. The van der Waals surface area contributed by atoms with Crippen LogP contribution in [-0.4, -0.2) is 30.4 Å². The number of hydrogen-bond donors (Lipinski definition) is 1. The average Bonchev–Trinajstić information content (AvgIpc) is 3.01. The minimum absolute atomic E-state index is 0.130. The molecule has 0 bridgehead atoms. The Balaban J connectivity index is 1.44. The Morgan fingerprint density at radius 2 is 2.08 bits per heavy atom. The maximum atomic E-state index is 12.5. The van der Waals surface area contributed by atoms with E-state index in [9.17, 15) is 4.79 Å². The van der Waals surface area contributed by atoms with Gasteiger partial charge in [-0.25, -0.2) is 0 Å². The molecule has 1 atom stereocenters. The Labute approximate surface area is 161 Å². The van der Waals surface area contributed by atoms with Crippen molar-refractivity contribution in [2.75, 3.05) is 19.6 Å². The molecule has 1 aliphatic heterocycles. The van der Waals surface area contributed by atoms with Crippen LogP contribution in [0.25, 0.3) is 0 Å². The number of thiophene rings is 1. The van der Waals surface area contributed by atoms with Gasteiger partial charge in [0.05, 0.1) is 8.80 Å². The van der Waals surface area contributed by atoms with Crippen molar-refractivity contribution in [1.29, 1.82) is 0 Å². The first kappa shape index (κ1) is 17.9. The lowest BCUT2D eigenvalue weighted by molar-refractivity contribution is -0.126. The summed E-state index contributed by atoms with van der Waals surface area (Å²) in [5, 5.41) is 3.13. The summed E-state index contributed by atoms with van der Waals surface area (Å²) in [5.74, 6) is 0.352. The molecule has 1 unspecified atom stereocenters. The number of carbonyl (C=O) groups is 1. The van der Waals surface area contributed by atoms with Crippen molar-refractivity contribution in [2.24, 2.45) is 5.92 Å². The highest BCUT2D eigenvalue weighted by molar-refractivity contribution is 14.1. The summed E-state index contributed by atoms with van der Waals surface area (Å²) in [4.78, 5) is 16.2. The molecule has 1 aromatic carbocycles. The molecule has 0 radical (unpaired) electrons. The van der Waals surface area contributed by atoms with E-state index in [-0.39, 0.29) is 11.8 Å². The molecule has 0 aliphatic carbocycles. The molecule has 128 valence electrons. The van der Waals surface area contributed by atoms with Gasteiger partial charge < -0.3 is 5.32 Å². The number of nitrogens with one attached hydrogen (secondary N) is 1. The maximum absolute atomic E-state index is 12.5. The standard InChI is InChI=1S/C19H23IN2OS/c20-18-9-8-17(24-18)10-11-21-19(23)16-7-4-12-22(14-16)13-15-5-2-1-3-6-15/h1-3,5-6,8-9,16H,4,7,10-14H2,(H,21,23). The van der Waals surface area contributed by atoms with E-state index in [1.54, 1.807) is 11.3 Å². The number of rotatable bonds is 6. The van der Waals surface area contributed by atoms with Crippen molar-refractivity contribution in [3.05, 3.63) is 55.8 Å². The van der Waals surface area contributed by atoms with E-state index in [0.717, 1.165) is 45.4 Å². The van der Waals surface area contributed by atoms with Gasteiger partial charge in [-0.2, -0.15) is 0 Å². The third kappa shape index (κ3) is 5.29. The maximum Gasteiger partial charge on any atom is 0.224 e. The average molecular weight is 454 g/mol. The van der Waals surface area contributed by atoms with Crippen LogP contribution in [0.3, 0.4) is 0 Å². The topological polar surface area (TPSA) is 32.3 Å². The first-order valence-electron chi connectivity index (χ1n) is 8.49. The van der Waals surface area contributed by atoms with Crippen LogP contribution < -0.4 is 5.32 Å². The molecule has 1 N–H and O–H groups in total. The number of hydrogen-bond acceptors (Lipinski definition) is 3. The number of halogens is 1. The molecule has 0 saturated carbocycles. The summed E-state index contributed by atoms with van der Waals surface area (Å²) in [6, 6.07) is 14.8. The Bertz CT molecular complexity index is 658. The molecule has 3 nitrogen and oxygen atoms in total. The van der Waals surface area contributed by atoms with E-state index in [4.69, 9.17) is 0 Å². The Kier molecular flexibility index (Phi) is 6.68. The molecular formula is C19H23IN2OS. The third-order valence-corrected chi connectivity index (χ3v) is 6.38. The van der Waals surface area contributed by atoms with Gasteiger partial charge in [-0.1, -0.05) is 30.3 Å². The Morgan fingerprint density at radius 3 is 2.83 bits per heavy atom. The quantitative estimate of drug-likeness (QED) is 0.672. The smallest absolute Gasteiger partial charge is 0.224 e. The first-order chi connectivity index (χ1) is 11.7. The summed E-state index contributed by atoms with van der Waals surface area (Å²) in [6.45, 7) is 3.65. The molecular weight excluding hydrogens is 431 g/mol. The number of nitrogens with zero attached hydrogens (tertiary/aromatic N) is 1. The minimum atomic E-state index is 0.130. The lowest BCUT2D eigenvalue weighted by Crippen LogP contribution is -2.43. The number of likely N-dealkylation sites (tertiary alicyclic amines) is 1. The van der Waals surface area contributed by atoms with E-state index in [1.165, 1.54) is 13.3 Å². The second kappa shape index (κ2) is 8.97. The summed E-state index contributed by atoms with van der Waals surface area (Å²) in [7, 11) is 0. The van der Waals surface area contributed by atoms with E-state index < -0.39 is 0 Å². The zero-order chi connectivity index (χ0) is 16.8. The van der Waals surface area contributed by atoms with E-state index >= 15 is 0 Å².